The molecule has 1 aromatic heterocycles. The van der Waals surface area contributed by atoms with Crippen molar-refractivity contribution in [3.8, 4) is 5.75 Å². The van der Waals surface area contributed by atoms with E-state index in [0.29, 0.717) is 12.3 Å². The number of rotatable bonds is 5. The monoisotopic (exact) mass is 368 g/mol. The van der Waals surface area contributed by atoms with Crippen LogP contribution in [0.1, 0.15) is 55.5 Å². The Bertz CT molecular complexity index is 848. The van der Waals surface area contributed by atoms with Gasteiger partial charge in [0.25, 0.3) is 0 Å². The summed E-state index contributed by atoms with van der Waals surface area (Å²) in [5.74, 6) is -0.288. The number of carbonyl (C=O) groups is 1. The largest absolute Gasteiger partial charge is 0.573 e. The van der Waals surface area contributed by atoms with Crippen LogP contribution in [0, 0.1) is 5.92 Å². The molecule has 0 aliphatic heterocycles. The van der Waals surface area contributed by atoms with Crippen molar-refractivity contribution in [1.82, 2.24) is 0 Å². The van der Waals surface area contributed by atoms with E-state index in [1.807, 2.05) is 0 Å². The molecule has 1 aromatic carbocycles. The molecule has 0 saturated heterocycles. The van der Waals surface area contributed by atoms with Crippen molar-refractivity contribution >= 4 is 16.8 Å². The fourth-order valence-corrected chi connectivity index (χ4v) is 3.40. The highest BCUT2D eigenvalue weighted by molar-refractivity contribution is 5.94. The van der Waals surface area contributed by atoms with E-state index in [2.05, 4.69) is 4.74 Å². The smallest absolute Gasteiger partial charge is 0.453 e. The lowest BCUT2D eigenvalue weighted by Crippen LogP contribution is -2.17. The second-order valence-corrected chi connectivity index (χ2v) is 6.65. The lowest BCUT2D eigenvalue weighted by molar-refractivity contribution is -0.274. The van der Waals surface area contributed by atoms with Crippen molar-refractivity contribution in [2.75, 3.05) is 0 Å². The molecule has 4 nitrogen and oxygen atoms in total. The Kier molecular flexibility index (Phi) is 5.34. The molecule has 1 aliphatic carbocycles. The molecule has 1 saturated carbocycles. The van der Waals surface area contributed by atoms with Gasteiger partial charge in [-0.15, -0.1) is 13.2 Å². The normalized spacial score (nSPS) is 16.0. The zero-order valence-electron chi connectivity index (χ0n) is 14.1. The minimum Gasteiger partial charge on any atom is -0.453 e. The van der Waals surface area contributed by atoms with E-state index in [1.165, 1.54) is 25.3 Å². The lowest BCUT2D eigenvalue weighted by atomic mass is 9.85. The maximum atomic E-state index is 12.3. The summed E-state index contributed by atoms with van der Waals surface area (Å²) in [5.41, 5.74) is -0.507. The number of ketones is 1. The van der Waals surface area contributed by atoms with Gasteiger partial charge in [0.15, 0.2) is 17.0 Å². The van der Waals surface area contributed by atoms with Crippen molar-refractivity contribution in [2.24, 2.45) is 5.92 Å². The van der Waals surface area contributed by atoms with Crippen LogP contribution in [0.25, 0.3) is 11.0 Å². The van der Waals surface area contributed by atoms with Gasteiger partial charge < -0.3 is 9.15 Å². The molecule has 140 valence electrons. The summed E-state index contributed by atoms with van der Waals surface area (Å²) in [6.45, 7) is 0. The van der Waals surface area contributed by atoms with Crippen LogP contribution in [0.3, 0.4) is 0 Å². The van der Waals surface area contributed by atoms with E-state index in [9.17, 15) is 22.8 Å². The molecule has 26 heavy (non-hydrogen) atoms. The molecule has 1 aliphatic rings. The van der Waals surface area contributed by atoms with Crippen LogP contribution < -0.4 is 10.2 Å². The Balaban J connectivity index is 1.76. The molecule has 0 atom stereocenters. The average molecular weight is 368 g/mol. The fourth-order valence-electron chi connectivity index (χ4n) is 3.40. The quantitative estimate of drug-likeness (QED) is 0.678. The standard InChI is InChI=1S/C19H19F3O4/c20-19(21,22)26-13-7-9-17-14(10-13)16(24)11-18(25-17)15(23)8-6-12-4-2-1-3-5-12/h7,9-12H,1-6,8H2. The molecule has 0 unspecified atom stereocenters. The molecular formula is C19H19F3O4. The molecule has 0 radical (unpaired) electrons. The van der Waals surface area contributed by atoms with Gasteiger partial charge >= 0.3 is 6.36 Å². The number of alkyl halides is 3. The van der Waals surface area contributed by atoms with Crippen LogP contribution in [0.2, 0.25) is 0 Å². The average Bonchev–Trinajstić information content (AvgIpc) is 2.59. The van der Waals surface area contributed by atoms with E-state index < -0.39 is 17.5 Å². The van der Waals surface area contributed by atoms with E-state index in [1.54, 1.807) is 0 Å². The highest BCUT2D eigenvalue weighted by atomic mass is 19.4. The molecule has 1 heterocycles. The SMILES string of the molecule is O=C(CCC1CCCCC1)c1cc(=O)c2cc(OC(F)(F)F)ccc2o1. The summed E-state index contributed by atoms with van der Waals surface area (Å²) < 4.78 is 46.1. The zero-order chi connectivity index (χ0) is 18.7. The van der Waals surface area contributed by atoms with Gasteiger partial charge in [-0.1, -0.05) is 32.1 Å². The van der Waals surface area contributed by atoms with E-state index in [4.69, 9.17) is 4.42 Å². The molecule has 0 amide bonds. The molecule has 0 N–H and O–H groups in total. The third-order valence-electron chi connectivity index (χ3n) is 4.71. The van der Waals surface area contributed by atoms with Crippen molar-refractivity contribution in [3.63, 3.8) is 0 Å². The summed E-state index contributed by atoms with van der Waals surface area (Å²) in [7, 11) is 0. The van der Waals surface area contributed by atoms with Gasteiger partial charge in [-0.2, -0.15) is 0 Å². The summed E-state index contributed by atoms with van der Waals surface area (Å²) in [6.07, 6.45) is 2.08. The number of benzene rings is 1. The first-order valence-corrected chi connectivity index (χ1v) is 8.69. The minimum atomic E-state index is -4.84. The van der Waals surface area contributed by atoms with E-state index >= 15 is 0 Å². The van der Waals surface area contributed by atoms with E-state index in [0.717, 1.165) is 37.5 Å². The number of Topliss-reactive ketones (excluding diaryl/α,β-unsaturated/α-hetero) is 1. The van der Waals surface area contributed by atoms with Gasteiger partial charge in [-0.05, 0) is 30.5 Å². The second kappa shape index (κ2) is 7.51. The Morgan fingerprint density at radius 2 is 1.88 bits per heavy atom. The Morgan fingerprint density at radius 1 is 1.15 bits per heavy atom. The summed E-state index contributed by atoms with van der Waals surface area (Å²) in [6, 6.07) is 4.26. The van der Waals surface area contributed by atoms with Crippen LogP contribution in [-0.2, 0) is 0 Å². The number of hydrogen-bond acceptors (Lipinski definition) is 4. The Morgan fingerprint density at radius 3 is 2.58 bits per heavy atom. The predicted octanol–water partition coefficient (Wildman–Crippen LogP) is 5.23. The van der Waals surface area contributed by atoms with E-state index in [-0.39, 0.29) is 22.5 Å². The van der Waals surface area contributed by atoms with Gasteiger partial charge in [0.2, 0.25) is 0 Å². The van der Waals surface area contributed by atoms with Gasteiger partial charge in [0.1, 0.15) is 11.3 Å². The highest BCUT2D eigenvalue weighted by Gasteiger charge is 2.31. The predicted molar refractivity (Wildman–Crippen MR) is 89.3 cm³/mol. The van der Waals surface area contributed by atoms with Crippen LogP contribution in [-0.4, -0.2) is 12.1 Å². The topological polar surface area (TPSA) is 56.5 Å². The summed E-state index contributed by atoms with van der Waals surface area (Å²) in [5, 5.41) is -0.0596. The van der Waals surface area contributed by atoms with Crippen molar-refractivity contribution in [1.29, 1.82) is 0 Å². The molecule has 2 aromatic rings. The first-order chi connectivity index (χ1) is 12.3. The van der Waals surface area contributed by atoms with Crippen LogP contribution in [0.4, 0.5) is 13.2 Å². The van der Waals surface area contributed by atoms with Crippen LogP contribution in [0.5, 0.6) is 5.75 Å². The third kappa shape index (κ3) is 4.65. The Hall–Kier alpha value is -2.31. The number of carbonyl (C=O) groups excluding carboxylic acids is 1. The first-order valence-electron chi connectivity index (χ1n) is 8.69. The van der Waals surface area contributed by atoms with Gasteiger partial charge in [-0.25, -0.2) is 0 Å². The summed E-state index contributed by atoms with van der Waals surface area (Å²) >= 11 is 0. The van der Waals surface area contributed by atoms with Crippen molar-refractivity contribution in [2.45, 2.75) is 51.3 Å². The molecule has 1 fully saturated rings. The number of halogens is 3. The van der Waals surface area contributed by atoms with Crippen LogP contribution >= 0.6 is 0 Å². The summed E-state index contributed by atoms with van der Waals surface area (Å²) in [4.78, 5) is 24.5. The fraction of sp³-hybridized carbons (Fsp3) is 0.474. The van der Waals surface area contributed by atoms with Crippen molar-refractivity contribution < 1.29 is 27.1 Å². The second-order valence-electron chi connectivity index (χ2n) is 6.65. The maximum absolute atomic E-state index is 12.3. The first kappa shape index (κ1) is 18.5. The molecule has 0 spiro atoms. The zero-order valence-corrected chi connectivity index (χ0v) is 14.1. The molecule has 0 bridgehead atoms. The van der Waals surface area contributed by atoms with Crippen LogP contribution in [0.15, 0.2) is 33.5 Å². The highest BCUT2D eigenvalue weighted by Crippen LogP contribution is 2.29. The number of ether oxygens (including phenoxy) is 1. The van der Waals surface area contributed by atoms with Gasteiger partial charge in [-0.3, -0.25) is 9.59 Å². The van der Waals surface area contributed by atoms with Gasteiger partial charge in [0.05, 0.1) is 5.39 Å². The number of hydrogen-bond donors (Lipinski definition) is 0. The number of fused-ring (bicyclic) bond motifs is 1. The van der Waals surface area contributed by atoms with Gasteiger partial charge in [0, 0.05) is 12.5 Å². The van der Waals surface area contributed by atoms with Crippen molar-refractivity contribution in [3.05, 3.63) is 40.2 Å². The Labute approximate surface area is 147 Å². The molecular weight excluding hydrogens is 349 g/mol. The third-order valence-corrected chi connectivity index (χ3v) is 4.71. The minimum absolute atomic E-state index is 0.0530. The maximum Gasteiger partial charge on any atom is 0.573 e. The molecule has 7 heteroatoms. The molecule has 3 rings (SSSR count). The lowest BCUT2D eigenvalue weighted by Gasteiger charge is -2.20.